The summed E-state index contributed by atoms with van der Waals surface area (Å²) in [7, 11) is 1.98. The van der Waals surface area contributed by atoms with Crippen LogP contribution in [-0.2, 0) is 6.42 Å². The van der Waals surface area contributed by atoms with Gasteiger partial charge >= 0.3 is 0 Å². The molecule has 0 spiro atoms. The minimum Gasteiger partial charge on any atom is -0.388 e. The highest BCUT2D eigenvalue weighted by molar-refractivity contribution is 5.50. The second kappa shape index (κ2) is 4.90. The van der Waals surface area contributed by atoms with Crippen molar-refractivity contribution in [3.8, 4) is 0 Å². The fourth-order valence-electron chi connectivity index (χ4n) is 1.43. The van der Waals surface area contributed by atoms with Gasteiger partial charge in [-0.15, -0.1) is 0 Å². The zero-order valence-electron chi connectivity index (χ0n) is 8.80. The molecular formula is C12H19N. The van der Waals surface area contributed by atoms with Crippen LogP contribution >= 0.6 is 0 Å². The van der Waals surface area contributed by atoms with Gasteiger partial charge in [-0.1, -0.05) is 32.0 Å². The Balaban J connectivity index is 2.64. The van der Waals surface area contributed by atoms with E-state index in [0.717, 1.165) is 5.92 Å². The number of benzene rings is 1. The molecule has 0 aliphatic heterocycles. The maximum atomic E-state index is 3.22. The van der Waals surface area contributed by atoms with E-state index in [-0.39, 0.29) is 0 Å². The predicted octanol–water partition coefficient (Wildman–Crippen LogP) is 3.32. The van der Waals surface area contributed by atoms with Crippen molar-refractivity contribution in [2.45, 2.75) is 26.7 Å². The molecule has 0 fully saturated rings. The van der Waals surface area contributed by atoms with Gasteiger partial charge in [-0.3, -0.25) is 0 Å². The number of nitrogens with one attached hydrogen (secondary N) is 1. The molecule has 0 unspecified atom stereocenters. The molecule has 0 atom stereocenters. The van der Waals surface area contributed by atoms with Gasteiger partial charge in [-0.25, -0.2) is 0 Å². The van der Waals surface area contributed by atoms with E-state index in [1.54, 1.807) is 0 Å². The number of anilines is 1. The number of para-hydroxylation sites is 1. The maximum Gasteiger partial charge on any atom is 0.0370 e. The first kappa shape index (κ1) is 10.1. The summed E-state index contributed by atoms with van der Waals surface area (Å²) in [5, 5.41) is 3.22. The first-order valence-corrected chi connectivity index (χ1v) is 4.99. The Morgan fingerprint density at radius 3 is 2.54 bits per heavy atom. The zero-order chi connectivity index (χ0) is 9.68. The van der Waals surface area contributed by atoms with Crippen LogP contribution in [0.3, 0.4) is 0 Å². The lowest BCUT2D eigenvalue weighted by atomic mass is 10.0. The largest absolute Gasteiger partial charge is 0.388 e. The number of aryl methyl sites for hydroxylation is 1. The van der Waals surface area contributed by atoms with Crippen LogP contribution in [0, 0.1) is 5.92 Å². The summed E-state index contributed by atoms with van der Waals surface area (Å²) in [4.78, 5) is 0. The summed E-state index contributed by atoms with van der Waals surface area (Å²) in [6, 6.07) is 8.52. The minimum absolute atomic E-state index is 0.782. The van der Waals surface area contributed by atoms with Gasteiger partial charge in [-0.05, 0) is 30.4 Å². The molecule has 0 radical (unpaired) electrons. The summed E-state index contributed by atoms with van der Waals surface area (Å²) in [5.41, 5.74) is 2.70. The van der Waals surface area contributed by atoms with Gasteiger partial charge in [0.15, 0.2) is 0 Å². The van der Waals surface area contributed by atoms with Crippen molar-refractivity contribution in [3.63, 3.8) is 0 Å². The van der Waals surface area contributed by atoms with Crippen LogP contribution in [0.25, 0.3) is 0 Å². The van der Waals surface area contributed by atoms with Gasteiger partial charge < -0.3 is 5.32 Å². The zero-order valence-corrected chi connectivity index (χ0v) is 8.80. The van der Waals surface area contributed by atoms with Crippen molar-refractivity contribution >= 4 is 5.69 Å². The predicted molar refractivity (Wildman–Crippen MR) is 59.1 cm³/mol. The monoisotopic (exact) mass is 177 g/mol. The maximum absolute atomic E-state index is 3.22. The van der Waals surface area contributed by atoms with Crippen LogP contribution in [0.2, 0.25) is 0 Å². The molecule has 1 rings (SSSR count). The first-order chi connectivity index (χ1) is 6.24. The molecule has 13 heavy (non-hydrogen) atoms. The highest BCUT2D eigenvalue weighted by Crippen LogP contribution is 2.17. The topological polar surface area (TPSA) is 12.0 Å². The molecule has 0 aliphatic rings. The Bertz CT molecular complexity index is 253. The molecule has 1 nitrogen and oxygen atoms in total. The third-order valence-electron chi connectivity index (χ3n) is 2.28. The molecule has 1 aromatic rings. The molecular weight excluding hydrogens is 158 g/mol. The van der Waals surface area contributed by atoms with Gasteiger partial charge in [0.25, 0.3) is 0 Å². The third kappa shape index (κ3) is 3.10. The van der Waals surface area contributed by atoms with Crippen molar-refractivity contribution in [1.82, 2.24) is 0 Å². The Kier molecular flexibility index (Phi) is 3.81. The van der Waals surface area contributed by atoms with Crippen molar-refractivity contribution in [3.05, 3.63) is 29.8 Å². The van der Waals surface area contributed by atoms with Gasteiger partial charge in [0.05, 0.1) is 0 Å². The molecule has 0 saturated heterocycles. The van der Waals surface area contributed by atoms with E-state index < -0.39 is 0 Å². The normalized spacial score (nSPS) is 10.5. The van der Waals surface area contributed by atoms with E-state index in [0.29, 0.717) is 0 Å². The van der Waals surface area contributed by atoms with Crippen molar-refractivity contribution < 1.29 is 0 Å². The van der Waals surface area contributed by atoms with E-state index in [1.807, 2.05) is 7.05 Å². The quantitative estimate of drug-likeness (QED) is 0.744. The number of hydrogen-bond donors (Lipinski definition) is 1. The van der Waals surface area contributed by atoms with Gasteiger partial charge in [0, 0.05) is 12.7 Å². The van der Waals surface area contributed by atoms with Crippen LogP contribution in [0.15, 0.2) is 24.3 Å². The second-order valence-electron chi connectivity index (χ2n) is 3.84. The lowest BCUT2D eigenvalue weighted by molar-refractivity contribution is 0.587. The molecule has 0 aromatic heterocycles. The average Bonchev–Trinajstić information content (AvgIpc) is 2.15. The highest BCUT2D eigenvalue weighted by atomic mass is 14.8. The summed E-state index contributed by atoms with van der Waals surface area (Å²) in [6.45, 7) is 4.53. The van der Waals surface area contributed by atoms with Gasteiger partial charge in [0.1, 0.15) is 0 Å². The summed E-state index contributed by atoms with van der Waals surface area (Å²) >= 11 is 0. The smallest absolute Gasteiger partial charge is 0.0370 e. The molecule has 72 valence electrons. The van der Waals surface area contributed by atoms with Crippen molar-refractivity contribution in [2.75, 3.05) is 12.4 Å². The molecule has 0 bridgehead atoms. The van der Waals surface area contributed by atoms with Gasteiger partial charge in [-0.2, -0.15) is 0 Å². The van der Waals surface area contributed by atoms with Crippen LogP contribution in [0.5, 0.6) is 0 Å². The lowest BCUT2D eigenvalue weighted by Gasteiger charge is -2.09. The van der Waals surface area contributed by atoms with E-state index in [1.165, 1.54) is 24.1 Å². The molecule has 0 aliphatic carbocycles. The Labute approximate surface area is 81.2 Å². The Morgan fingerprint density at radius 1 is 1.23 bits per heavy atom. The third-order valence-corrected chi connectivity index (χ3v) is 2.28. The second-order valence-corrected chi connectivity index (χ2v) is 3.84. The Hall–Kier alpha value is -0.980. The van der Waals surface area contributed by atoms with E-state index in [2.05, 4.69) is 43.4 Å². The van der Waals surface area contributed by atoms with Crippen molar-refractivity contribution in [1.29, 1.82) is 0 Å². The van der Waals surface area contributed by atoms with E-state index in [4.69, 9.17) is 0 Å². The summed E-state index contributed by atoms with van der Waals surface area (Å²) in [5.74, 6) is 0.782. The number of rotatable bonds is 4. The van der Waals surface area contributed by atoms with Crippen molar-refractivity contribution in [2.24, 2.45) is 5.92 Å². The summed E-state index contributed by atoms with van der Waals surface area (Å²) in [6.07, 6.45) is 2.44. The average molecular weight is 177 g/mol. The Morgan fingerprint density at radius 2 is 1.92 bits per heavy atom. The molecule has 0 amide bonds. The molecule has 0 saturated carbocycles. The fraction of sp³-hybridized carbons (Fsp3) is 0.500. The van der Waals surface area contributed by atoms with Crippen LogP contribution < -0.4 is 5.32 Å². The molecule has 1 N–H and O–H groups in total. The molecule has 1 heteroatoms. The van der Waals surface area contributed by atoms with Crippen LogP contribution in [0.1, 0.15) is 25.8 Å². The fourth-order valence-corrected chi connectivity index (χ4v) is 1.43. The highest BCUT2D eigenvalue weighted by Gasteiger charge is 2.00. The van der Waals surface area contributed by atoms with E-state index in [9.17, 15) is 0 Å². The lowest BCUT2D eigenvalue weighted by Crippen LogP contribution is -1.97. The standard InChI is InChI=1S/C12H19N/c1-10(2)8-9-11-6-4-5-7-12(11)13-3/h4-7,10,13H,8-9H2,1-3H3. The summed E-state index contributed by atoms with van der Waals surface area (Å²) < 4.78 is 0. The minimum atomic E-state index is 0.782. The van der Waals surface area contributed by atoms with Crippen LogP contribution in [-0.4, -0.2) is 7.05 Å². The van der Waals surface area contributed by atoms with Crippen LogP contribution in [0.4, 0.5) is 5.69 Å². The molecule has 0 heterocycles. The first-order valence-electron chi connectivity index (χ1n) is 4.99. The van der Waals surface area contributed by atoms with Gasteiger partial charge in [0.2, 0.25) is 0 Å². The van der Waals surface area contributed by atoms with E-state index >= 15 is 0 Å². The number of hydrogen-bond acceptors (Lipinski definition) is 1. The molecule has 1 aromatic carbocycles. The SMILES string of the molecule is CNc1ccccc1CCC(C)C.